The molecule has 1 aromatic carbocycles. The molecule has 2 heteroatoms. The van der Waals surface area contributed by atoms with Crippen LogP contribution in [-0.4, -0.2) is 37.1 Å². The molecule has 0 saturated heterocycles. The zero-order valence-corrected chi connectivity index (χ0v) is 12.6. The summed E-state index contributed by atoms with van der Waals surface area (Å²) in [4.78, 5) is 2.49. The summed E-state index contributed by atoms with van der Waals surface area (Å²) in [6.07, 6.45) is 3.90. The van der Waals surface area contributed by atoms with Crippen LogP contribution in [0.25, 0.3) is 0 Å². The molecule has 2 atom stereocenters. The largest absolute Gasteiger partial charge is 0.314 e. The van der Waals surface area contributed by atoms with Gasteiger partial charge in [-0.25, -0.2) is 0 Å². The molecular weight excluding hydrogens is 232 g/mol. The van der Waals surface area contributed by atoms with Gasteiger partial charge in [0.05, 0.1) is 0 Å². The number of benzene rings is 1. The van der Waals surface area contributed by atoms with Gasteiger partial charge in [-0.2, -0.15) is 0 Å². The quantitative estimate of drug-likeness (QED) is 0.773. The first kappa shape index (κ1) is 14.5. The molecule has 0 heterocycles. The Hall–Kier alpha value is -0.860. The van der Waals surface area contributed by atoms with Crippen molar-refractivity contribution in [2.75, 3.05) is 20.1 Å². The standard InChI is InChI=1S/C17H28N2/c1-14(13-18-17-9-10-17)15(2)19(3)12-11-16-7-5-4-6-8-16/h4-8,14-15,17-18H,9-13H2,1-3H3. The molecule has 0 amide bonds. The smallest absolute Gasteiger partial charge is 0.0102 e. The molecule has 2 unspecified atom stereocenters. The molecule has 106 valence electrons. The van der Waals surface area contributed by atoms with Crippen LogP contribution in [0.2, 0.25) is 0 Å². The molecule has 0 bridgehead atoms. The van der Waals surface area contributed by atoms with E-state index in [4.69, 9.17) is 0 Å². The molecular formula is C17H28N2. The lowest BCUT2D eigenvalue weighted by Gasteiger charge is -2.30. The second kappa shape index (κ2) is 7.06. The molecule has 2 rings (SSSR count). The van der Waals surface area contributed by atoms with Crippen molar-refractivity contribution in [1.82, 2.24) is 10.2 Å². The van der Waals surface area contributed by atoms with Crippen LogP contribution in [0.1, 0.15) is 32.3 Å². The molecule has 1 fully saturated rings. The van der Waals surface area contributed by atoms with Crippen molar-refractivity contribution < 1.29 is 0 Å². The number of nitrogens with one attached hydrogen (secondary N) is 1. The Bertz CT molecular complexity index is 359. The zero-order valence-electron chi connectivity index (χ0n) is 12.6. The first-order valence-electron chi connectivity index (χ1n) is 7.64. The number of nitrogens with zero attached hydrogens (tertiary/aromatic N) is 1. The minimum absolute atomic E-state index is 0.634. The van der Waals surface area contributed by atoms with Crippen molar-refractivity contribution in [3.8, 4) is 0 Å². The third-order valence-electron chi connectivity index (χ3n) is 4.42. The maximum atomic E-state index is 3.64. The monoisotopic (exact) mass is 260 g/mol. The van der Waals surface area contributed by atoms with Crippen LogP contribution >= 0.6 is 0 Å². The molecule has 19 heavy (non-hydrogen) atoms. The van der Waals surface area contributed by atoms with E-state index in [-0.39, 0.29) is 0 Å². The molecule has 0 spiro atoms. The Kier molecular flexibility index (Phi) is 5.41. The van der Waals surface area contributed by atoms with E-state index in [9.17, 15) is 0 Å². The van der Waals surface area contributed by atoms with Gasteiger partial charge in [0, 0.05) is 18.6 Å². The van der Waals surface area contributed by atoms with Gasteiger partial charge in [0.1, 0.15) is 0 Å². The molecule has 1 N–H and O–H groups in total. The van der Waals surface area contributed by atoms with Crippen LogP contribution in [0.4, 0.5) is 0 Å². The Morgan fingerprint density at radius 2 is 1.89 bits per heavy atom. The van der Waals surface area contributed by atoms with Crippen LogP contribution in [0.15, 0.2) is 30.3 Å². The Labute approximate surface area is 118 Å². The molecule has 0 aromatic heterocycles. The van der Waals surface area contributed by atoms with Gasteiger partial charge in [-0.15, -0.1) is 0 Å². The number of rotatable bonds is 8. The molecule has 1 aliphatic carbocycles. The second-order valence-corrected chi connectivity index (χ2v) is 6.12. The van der Waals surface area contributed by atoms with E-state index in [0.29, 0.717) is 12.0 Å². The highest BCUT2D eigenvalue weighted by Crippen LogP contribution is 2.19. The van der Waals surface area contributed by atoms with Crippen molar-refractivity contribution in [2.24, 2.45) is 5.92 Å². The molecule has 0 aliphatic heterocycles. The summed E-state index contributed by atoms with van der Waals surface area (Å²) in [5, 5.41) is 3.64. The maximum absolute atomic E-state index is 3.64. The average Bonchev–Trinajstić information content (AvgIpc) is 3.26. The van der Waals surface area contributed by atoms with Gasteiger partial charge >= 0.3 is 0 Å². The predicted molar refractivity (Wildman–Crippen MR) is 82.4 cm³/mol. The van der Waals surface area contributed by atoms with Gasteiger partial charge in [-0.1, -0.05) is 37.3 Å². The first-order chi connectivity index (χ1) is 9.16. The molecule has 0 radical (unpaired) electrons. The third-order valence-corrected chi connectivity index (χ3v) is 4.42. The molecule has 1 aliphatic rings. The highest BCUT2D eigenvalue weighted by atomic mass is 15.1. The number of hydrogen-bond donors (Lipinski definition) is 1. The Morgan fingerprint density at radius 3 is 2.53 bits per heavy atom. The molecule has 1 aromatic rings. The lowest BCUT2D eigenvalue weighted by atomic mass is 10.0. The van der Waals surface area contributed by atoms with Gasteiger partial charge in [0.2, 0.25) is 0 Å². The molecule has 2 nitrogen and oxygen atoms in total. The summed E-state index contributed by atoms with van der Waals surface area (Å²) in [5.41, 5.74) is 1.44. The van der Waals surface area contributed by atoms with Gasteiger partial charge in [0.15, 0.2) is 0 Å². The van der Waals surface area contributed by atoms with E-state index < -0.39 is 0 Å². The first-order valence-corrected chi connectivity index (χ1v) is 7.64. The zero-order chi connectivity index (χ0) is 13.7. The van der Waals surface area contributed by atoms with E-state index in [1.165, 1.54) is 18.4 Å². The average molecular weight is 260 g/mol. The van der Waals surface area contributed by atoms with Crippen molar-refractivity contribution >= 4 is 0 Å². The third kappa shape index (κ3) is 4.96. The van der Waals surface area contributed by atoms with Crippen LogP contribution < -0.4 is 5.32 Å². The van der Waals surface area contributed by atoms with E-state index in [1.807, 2.05) is 0 Å². The SMILES string of the molecule is CC(CNC1CC1)C(C)N(C)CCc1ccccc1. The fourth-order valence-corrected chi connectivity index (χ4v) is 2.40. The van der Waals surface area contributed by atoms with Gasteiger partial charge in [-0.3, -0.25) is 0 Å². The number of hydrogen-bond acceptors (Lipinski definition) is 2. The Morgan fingerprint density at radius 1 is 1.21 bits per heavy atom. The highest BCUT2D eigenvalue weighted by molar-refractivity contribution is 5.14. The van der Waals surface area contributed by atoms with E-state index in [0.717, 1.165) is 25.6 Å². The summed E-state index contributed by atoms with van der Waals surface area (Å²) in [5.74, 6) is 0.710. The lowest BCUT2D eigenvalue weighted by Crippen LogP contribution is -2.40. The van der Waals surface area contributed by atoms with Crippen molar-refractivity contribution in [3.05, 3.63) is 35.9 Å². The molecule has 1 saturated carbocycles. The van der Waals surface area contributed by atoms with Crippen LogP contribution in [0.5, 0.6) is 0 Å². The van der Waals surface area contributed by atoms with Gasteiger partial charge in [-0.05, 0) is 51.3 Å². The Balaban J connectivity index is 1.69. The van der Waals surface area contributed by atoms with Crippen LogP contribution in [-0.2, 0) is 6.42 Å². The summed E-state index contributed by atoms with van der Waals surface area (Å²) in [7, 11) is 2.25. The number of likely N-dealkylation sites (N-methyl/N-ethyl adjacent to an activating group) is 1. The van der Waals surface area contributed by atoms with E-state index in [2.05, 4.69) is 61.4 Å². The summed E-state index contributed by atoms with van der Waals surface area (Å²) in [6, 6.07) is 12.2. The van der Waals surface area contributed by atoms with Crippen LogP contribution in [0.3, 0.4) is 0 Å². The fraction of sp³-hybridized carbons (Fsp3) is 0.647. The topological polar surface area (TPSA) is 15.3 Å². The normalized spacial score (nSPS) is 18.5. The fourth-order valence-electron chi connectivity index (χ4n) is 2.40. The second-order valence-electron chi connectivity index (χ2n) is 6.12. The summed E-state index contributed by atoms with van der Waals surface area (Å²) >= 11 is 0. The summed E-state index contributed by atoms with van der Waals surface area (Å²) < 4.78 is 0. The predicted octanol–water partition coefficient (Wildman–Crippen LogP) is 2.94. The van der Waals surface area contributed by atoms with Crippen LogP contribution in [0, 0.1) is 5.92 Å². The van der Waals surface area contributed by atoms with E-state index in [1.54, 1.807) is 0 Å². The minimum Gasteiger partial charge on any atom is -0.314 e. The maximum Gasteiger partial charge on any atom is 0.0102 e. The van der Waals surface area contributed by atoms with E-state index >= 15 is 0 Å². The van der Waals surface area contributed by atoms with Gasteiger partial charge in [0.25, 0.3) is 0 Å². The van der Waals surface area contributed by atoms with Gasteiger partial charge < -0.3 is 10.2 Å². The van der Waals surface area contributed by atoms with Crippen molar-refractivity contribution in [2.45, 2.75) is 45.2 Å². The lowest BCUT2D eigenvalue weighted by molar-refractivity contribution is 0.198. The minimum atomic E-state index is 0.634. The summed E-state index contributed by atoms with van der Waals surface area (Å²) in [6.45, 7) is 7.00. The van der Waals surface area contributed by atoms with Crippen molar-refractivity contribution in [3.63, 3.8) is 0 Å². The van der Waals surface area contributed by atoms with Crippen molar-refractivity contribution in [1.29, 1.82) is 0 Å². The highest BCUT2D eigenvalue weighted by Gasteiger charge is 2.23.